The molecule has 1 atom stereocenters. The van der Waals surface area contributed by atoms with Crippen LogP contribution < -0.4 is 5.73 Å². The molecule has 5 heteroatoms. The second-order valence-electron chi connectivity index (χ2n) is 3.56. The molecule has 0 aliphatic rings. The molecular formula is C11H11BrFN3. The normalized spacial score (nSPS) is 12.8. The summed E-state index contributed by atoms with van der Waals surface area (Å²) in [5.74, 6) is -0.306. The molecule has 3 nitrogen and oxygen atoms in total. The van der Waals surface area contributed by atoms with Crippen LogP contribution in [-0.4, -0.2) is 9.78 Å². The van der Waals surface area contributed by atoms with E-state index in [4.69, 9.17) is 5.73 Å². The van der Waals surface area contributed by atoms with E-state index in [0.717, 1.165) is 4.47 Å². The fraction of sp³-hybridized carbons (Fsp3) is 0.182. The van der Waals surface area contributed by atoms with Gasteiger partial charge in [-0.3, -0.25) is 0 Å². The maximum Gasteiger partial charge on any atom is 0.130 e. The van der Waals surface area contributed by atoms with Gasteiger partial charge in [0.05, 0.1) is 16.4 Å². The van der Waals surface area contributed by atoms with Crippen LogP contribution in [-0.2, 0) is 0 Å². The lowest BCUT2D eigenvalue weighted by Crippen LogP contribution is -2.12. The molecule has 1 aromatic carbocycles. The van der Waals surface area contributed by atoms with Crippen molar-refractivity contribution in [1.29, 1.82) is 0 Å². The Balaban J connectivity index is 2.60. The molecule has 0 radical (unpaired) electrons. The molecule has 0 amide bonds. The average molecular weight is 284 g/mol. The van der Waals surface area contributed by atoms with Gasteiger partial charge >= 0.3 is 0 Å². The van der Waals surface area contributed by atoms with Gasteiger partial charge in [0, 0.05) is 17.8 Å². The first-order valence-electron chi connectivity index (χ1n) is 4.84. The number of benzene rings is 1. The zero-order valence-corrected chi connectivity index (χ0v) is 10.3. The van der Waals surface area contributed by atoms with Gasteiger partial charge in [-0.2, -0.15) is 5.10 Å². The summed E-state index contributed by atoms with van der Waals surface area (Å²) in [7, 11) is 0. The summed E-state index contributed by atoms with van der Waals surface area (Å²) < 4.78 is 16.1. The topological polar surface area (TPSA) is 43.8 Å². The van der Waals surface area contributed by atoms with E-state index in [0.29, 0.717) is 11.3 Å². The molecule has 0 spiro atoms. The summed E-state index contributed by atoms with van der Waals surface area (Å²) in [6, 6.07) is 4.47. The standard InChI is InChI=1S/C11H11BrFN3/c1-7(14)11-9(13)3-2-4-10(11)16-6-8(12)5-15-16/h2-7H,14H2,1H3. The van der Waals surface area contributed by atoms with E-state index in [1.807, 2.05) is 0 Å². The first kappa shape index (κ1) is 11.3. The number of hydrogen-bond donors (Lipinski definition) is 1. The van der Waals surface area contributed by atoms with Crippen LogP contribution in [0.3, 0.4) is 0 Å². The van der Waals surface area contributed by atoms with Crippen LogP contribution in [0.15, 0.2) is 35.1 Å². The summed E-state index contributed by atoms with van der Waals surface area (Å²) in [6.07, 6.45) is 3.41. The van der Waals surface area contributed by atoms with Crippen molar-refractivity contribution in [1.82, 2.24) is 9.78 Å². The van der Waals surface area contributed by atoms with Gasteiger partial charge in [0.2, 0.25) is 0 Å². The summed E-state index contributed by atoms with van der Waals surface area (Å²) in [6.45, 7) is 1.75. The van der Waals surface area contributed by atoms with E-state index in [1.165, 1.54) is 6.07 Å². The highest BCUT2D eigenvalue weighted by Gasteiger charge is 2.14. The molecule has 0 bridgehead atoms. The molecule has 1 heterocycles. The van der Waals surface area contributed by atoms with Crippen molar-refractivity contribution in [3.05, 3.63) is 46.4 Å². The van der Waals surface area contributed by atoms with Crippen molar-refractivity contribution in [2.45, 2.75) is 13.0 Å². The molecule has 0 saturated heterocycles. The highest BCUT2D eigenvalue weighted by atomic mass is 79.9. The van der Waals surface area contributed by atoms with Crippen LogP contribution >= 0.6 is 15.9 Å². The van der Waals surface area contributed by atoms with Gasteiger partial charge in [0.15, 0.2) is 0 Å². The molecule has 2 N–H and O–H groups in total. The summed E-state index contributed by atoms with van der Waals surface area (Å²) in [4.78, 5) is 0. The lowest BCUT2D eigenvalue weighted by molar-refractivity contribution is 0.589. The highest BCUT2D eigenvalue weighted by molar-refractivity contribution is 9.10. The number of aromatic nitrogens is 2. The zero-order valence-electron chi connectivity index (χ0n) is 8.69. The number of nitrogens with zero attached hydrogens (tertiary/aromatic N) is 2. The Labute approximate surface area is 101 Å². The molecule has 2 rings (SSSR count). The highest BCUT2D eigenvalue weighted by Crippen LogP contribution is 2.23. The third-order valence-corrected chi connectivity index (χ3v) is 2.69. The minimum Gasteiger partial charge on any atom is -0.324 e. The quantitative estimate of drug-likeness (QED) is 0.921. The third-order valence-electron chi connectivity index (χ3n) is 2.28. The molecule has 0 saturated carbocycles. The second kappa shape index (κ2) is 4.35. The lowest BCUT2D eigenvalue weighted by Gasteiger charge is -2.13. The van der Waals surface area contributed by atoms with E-state index in [2.05, 4.69) is 21.0 Å². The van der Waals surface area contributed by atoms with Crippen molar-refractivity contribution in [3.63, 3.8) is 0 Å². The minimum absolute atomic E-state index is 0.306. The molecule has 2 aromatic rings. The van der Waals surface area contributed by atoms with Crippen molar-refractivity contribution in [2.75, 3.05) is 0 Å². The Kier molecular flexibility index (Phi) is 3.07. The van der Waals surface area contributed by atoms with Gasteiger partial charge in [-0.1, -0.05) is 6.07 Å². The van der Waals surface area contributed by atoms with Gasteiger partial charge in [-0.25, -0.2) is 9.07 Å². The van der Waals surface area contributed by atoms with Gasteiger partial charge in [-0.15, -0.1) is 0 Å². The van der Waals surface area contributed by atoms with Crippen LogP contribution in [0.1, 0.15) is 18.5 Å². The number of rotatable bonds is 2. The number of nitrogens with two attached hydrogens (primary N) is 1. The fourth-order valence-corrected chi connectivity index (χ4v) is 1.89. The van der Waals surface area contributed by atoms with Crippen molar-refractivity contribution in [3.8, 4) is 5.69 Å². The van der Waals surface area contributed by atoms with Gasteiger partial charge in [-0.05, 0) is 35.0 Å². The average Bonchev–Trinajstić information content (AvgIpc) is 2.63. The summed E-state index contributed by atoms with van der Waals surface area (Å²) in [5, 5.41) is 4.12. The van der Waals surface area contributed by atoms with Crippen molar-refractivity contribution < 1.29 is 4.39 Å². The fourth-order valence-electron chi connectivity index (χ4n) is 1.61. The molecule has 1 aromatic heterocycles. The third kappa shape index (κ3) is 2.01. The number of halogens is 2. The monoisotopic (exact) mass is 283 g/mol. The molecule has 0 aliphatic heterocycles. The van der Waals surface area contributed by atoms with Crippen molar-refractivity contribution in [2.24, 2.45) is 5.73 Å². The minimum atomic E-state index is -0.376. The molecular weight excluding hydrogens is 273 g/mol. The van der Waals surface area contributed by atoms with Gasteiger partial charge in [0.25, 0.3) is 0 Å². The van der Waals surface area contributed by atoms with Crippen LogP contribution in [0, 0.1) is 5.82 Å². The number of hydrogen-bond acceptors (Lipinski definition) is 2. The first-order chi connectivity index (χ1) is 7.59. The van der Waals surface area contributed by atoms with Crippen LogP contribution in [0.25, 0.3) is 5.69 Å². The Morgan fingerprint density at radius 2 is 2.25 bits per heavy atom. The Morgan fingerprint density at radius 1 is 1.50 bits per heavy atom. The Morgan fingerprint density at radius 3 is 2.81 bits per heavy atom. The largest absolute Gasteiger partial charge is 0.324 e. The predicted octanol–water partition coefficient (Wildman–Crippen LogP) is 2.79. The van der Waals surface area contributed by atoms with E-state index in [1.54, 1.807) is 36.1 Å². The lowest BCUT2D eigenvalue weighted by atomic mass is 10.1. The first-order valence-corrected chi connectivity index (χ1v) is 5.63. The molecule has 16 heavy (non-hydrogen) atoms. The zero-order chi connectivity index (χ0) is 11.7. The van der Waals surface area contributed by atoms with E-state index >= 15 is 0 Å². The van der Waals surface area contributed by atoms with Gasteiger partial charge in [0.1, 0.15) is 5.82 Å². The maximum absolute atomic E-state index is 13.7. The van der Waals surface area contributed by atoms with Crippen LogP contribution in [0.5, 0.6) is 0 Å². The smallest absolute Gasteiger partial charge is 0.130 e. The molecule has 0 aliphatic carbocycles. The molecule has 0 fully saturated rings. The van der Waals surface area contributed by atoms with Crippen molar-refractivity contribution >= 4 is 15.9 Å². The summed E-state index contributed by atoms with van der Waals surface area (Å²) in [5.41, 5.74) is 6.90. The Hall–Kier alpha value is -1.20. The maximum atomic E-state index is 13.7. The van der Waals surface area contributed by atoms with E-state index in [-0.39, 0.29) is 11.9 Å². The second-order valence-corrected chi connectivity index (χ2v) is 4.48. The SMILES string of the molecule is CC(N)c1c(F)cccc1-n1cc(Br)cn1. The van der Waals surface area contributed by atoms with E-state index in [9.17, 15) is 4.39 Å². The van der Waals surface area contributed by atoms with Gasteiger partial charge < -0.3 is 5.73 Å². The predicted molar refractivity (Wildman–Crippen MR) is 63.8 cm³/mol. The van der Waals surface area contributed by atoms with Crippen LogP contribution in [0.2, 0.25) is 0 Å². The van der Waals surface area contributed by atoms with Crippen LogP contribution in [0.4, 0.5) is 4.39 Å². The molecule has 1 unspecified atom stereocenters. The summed E-state index contributed by atoms with van der Waals surface area (Å²) >= 11 is 3.30. The Bertz CT molecular complexity index is 508. The van der Waals surface area contributed by atoms with E-state index < -0.39 is 0 Å². The molecule has 84 valence electrons.